The predicted molar refractivity (Wildman–Crippen MR) is 77.5 cm³/mol. The van der Waals surface area contributed by atoms with Crippen molar-refractivity contribution in [2.24, 2.45) is 5.92 Å². The first-order valence-electron chi connectivity index (χ1n) is 6.60. The molecular formula is C17H15NO2. The molecule has 2 amide bonds. The molecule has 100 valence electrons. The number of nitrogens with zero attached hydrogens (tertiary/aromatic N) is 1. The van der Waals surface area contributed by atoms with Crippen molar-refractivity contribution in [1.82, 2.24) is 4.90 Å². The molecule has 0 heterocycles. The predicted octanol–water partition coefficient (Wildman–Crippen LogP) is 1.10. The number of rotatable bonds is 1. The third-order valence-electron chi connectivity index (χ3n) is 3.66. The zero-order chi connectivity index (χ0) is 14.3. The minimum absolute atomic E-state index is 0.133. The Kier molecular flexibility index (Phi) is 2.90. The summed E-state index contributed by atoms with van der Waals surface area (Å²) in [6, 6.07) is 8.21. The normalized spacial score (nSPS) is 18.8. The van der Waals surface area contributed by atoms with Gasteiger partial charge in [-0.3, -0.25) is 14.5 Å². The minimum atomic E-state index is -0.257. The fourth-order valence-electron chi connectivity index (χ4n) is 2.86. The van der Waals surface area contributed by atoms with Crippen molar-refractivity contribution in [2.75, 3.05) is 0 Å². The van der Waals surface area contributed by atoms with Crippen LogP contribution in [0.25, 0.3) is 11.6 Å². The summed E-state index contributed by atoms with van der Waals surface area (Å²) in [4.78, 5) is 24.4. The fraction of sp³-hybridized carbons (Fsp3) is 0.176. The van der Waals surface area contributed by atoms with Crippen LogP contribution in [0.4, 0.5) is 0 Å². The van der Waals surface area contributed by atoms with Crippen LogP contribution >= 0.6 is 0 Å². The monoisotopic (exact) mass is 265 g/mol. The van der Waals surface area contributed by atoms with Gasteiger partial charge in [-0.2, -0.15) is 0 Å². The number of fused-ring (bicyclic) bond motifs is 2. The lowest BCUT2D eigenvalue weighted by Gasteiger charge is -2.22. The van der Waals surface area contributed by atoms with Gasteiger partial charge in [-0.25, -0.2) is 0 Å². The van der Waals surface area contributed by atoms with E-state index in [2.05, 4.69) is 18.2 Å². The summed E-state index contributed by atoms with van der Waals surface area (Å²) in [5, 5.41) is 2.42. The Bertz CT molecular complexity index is 769. The van der Waals surface area contributed by atoms with Crippen molar-refractivity contribution in [3.8, 4) is 0 Å². The highest BCUT2D eigenvalue weighted by atomic mass is 16.2. The molecule has 0 fully saturated rings. The molecule has 2 aliphatic carbocycles. The quantitative estimate of drug-likeness (QED) is 0.762. The number of benzene rings is 1. The molecule has 3 nitrogen and oxygen atoms in total. The maximum atomic E-state index is 11.6. The van der Waals surface area contributed by atoms with E-state index in [0.717, 1.165) is 0 Å². The average molecular weight is 265 g/mol. The lowest BCUT2D eigenvalue weighted by Crippen LogP contribution is -2.32. The maximum Gasteiger partial charge on any atom is 0.230 e. The highest BCUT2D eigenvalue weighted by Crippen LogP contribution is 2.27. The van der Waals surface area contributed by atoms with Gasteiger partial charge in [0, 0.05) is 25.5 Å². The van der Waals surface area contributed by atoms with Crippen molar-refractivity contribution in [3.05, 3.63) is 58.6 Å². The van der Waals surface area contributed by atoms with Gasteiger partial charge >= 0.3 is 0 Å². The Morgan fingerprint density at radius 3 is 2.40 bits per heavy atom. The zero-order valence-electron chi connectivity index (χ0n) is 11.5. The van der Waals surface area contributed by atoms with Crippen LogP contribution < -0.4 is 10.4 Å². The molecule has 0 bridgehead atoms. The average Bonchev–Trinajstić information content (AvgIpc) is 2.75. The summed E-state index contributed by atoms with van der Waals surface area (Å²) in [5.41, 5.74) is 1.87. The molecular weight excluding hydrogens is 250 g/mol. The third kappa shape index (κ3) is 1.92. The number of imide groups is 1. The van der Waals surface area contributed by atoms with Gasteiger partial charge in [0.05, 0.1) is 0 Å². The second-order valence-electron chi connectivity index (χ2n) is 5.03. The number of carbonyl (C=O) groups is 2. The maximum absolute atomic E-state index is 11.6. The van der Waals surface area contributed by atoms with Crippen molar-refractivity contribution < 1.29 is 9.59 Å². The van der Waals surface area contributed by atoms with Gasteiger partial charge in [0.15, 0.2) is 0 Å². The molecule has 3 heteroatoms. The largest absolute Gasteiger partial charge is 0.274 e. The highest BCUT2D eigenvalue weighted by molar-refractivity contribution is 5.96. The van der Waals surface area contributed by atoms with E-state index >= 15 is 0 Å². The molecule has 0 unspecified atom stereocenters. The molecule has 1 aromatic carbocycles. The number of hydrogen-bond donors (Lipinski definition) is 0. The molecule has 2 aliphatic rings. The van der Waals surface area contributed by atoms with E-state index in [0.29, 0.717) is 5.70 Å². The Morgan fingerprint density at radius 1 is 1.00 bits per heavy atom. The molecule has 0 spiro atoms. The van der Waals surface area contributed by atoms with E-state index in [1.807, 2.05) is 30.4 Å². The Balaban J connectivity index is 2.07. The summed E-state index contributed by atoms with van der Waals surface area (Å²) in [6.07, 6.45) is 7.97. The molecule has 1 atom stereocenters. The first-order valence-corrected chi connectivity index (χ1v) is 6.60. The van der Waals surface area contributed by atoms with E-state index in [1.165, 1.54) is 34.8 Å². The standard InChI is InChI=1S/C17H15NO2/c1-11(19)18(12(2)20)15-7-8-17-14(10-15)9-13-5-3-4-6-16(13)17/h3-10,14H,1-2H3/t14-/m0/s1. The molecule has 0 aliphatic heterocycles. The SMILES string of the molecule is CC(=O)N(C(C)=O)C1=C[C@@H]2C=c3ccccc3=C2C=C1. The van der Waals surface area contributed by atoms with E-state index in [1.54, 1.807) is 0 Å². The van der Waals surface area contributed by atoms with Crippen LogP contribution in [-0.2, 0) is 9.59 Å². The number of allylic oxidation sites excluding steroid dienone is 3. The van der Waals surface area contributed by atoms with E-state index < -0.39 is 0 Å². The van der Waals surface area contributed by atoms with Gasteiger partial charge in [-0.05, 0) is 28.2 Å². The summed E-state index contributed by atoms with van der Waals surface area (Å²) >= 11 is 0. The summed E-state index contributed by atoms with van der Waals surface area (Å²) in [7, 11) is 0. The smallest absolute Gasteiger partial charge is 0.230 e. The summed E-state index contributed by atoms with van der Waals surface area (Å²) < 4.78 is 0. The lowest BCUT2D eigenvalue weighted by atomic mass is 9.95. The van der Waals surface area contributed by atoms with Crippen LogP contribution in [0.1, 0.15) is 13.8 Å². The number of carbonyl (C=O) groups excluding carboxylic acids is 2. The van der Waals surface area contributed by atoms with Crippen molar-refractivity contribution >= 4 is 23.5 Å². The molecule has 0 radical (unpaired) electrons. The second kappa shape index (κ2) is 4.60. The Hall–Kier alpha value is -2.42. The zero-order valence-corrected chi connectivity index (χ0v) is 11.5. The first kappa shape index (κ1) is 12.6. The second-order valence-corrected chi connectivity index (χ2v) is 5.03. The van der Waals surface area contributed by atoms with Gasteiger partial charge < -0.3 is 0 Å². The molecule has 20 heavy (non-hydrogen) atoms. The van der Waals surface area contributed by atoms with Crippen LogP contribution in [0.15, 0.2) is 48.2 Å². The fourth-order valence-corrected chi connectivity index (χ4v) is 2.86. The Labute approximate surface area is 117 Å². The van der Waals surface area contributed by atoms with Gasteiger partial charge in [0.2, 0.25) is 11.8 Å². The number of hydrogen-bond acceptors (Lipinski definition) is 2. The molecule has 0 saturated heterocycles. The van der Waals surface area contributed by atoms with Crippen LogP contribution in [-0.4, -0.2) is 16.7 Å². The van der Waals surface area contributed by atoms with Crippen LogP contribution in [0, 0.1) is 5.92 Å². The van der Waals surface area contributed by atoms with Gasteiger partial charge in [0.1, 0.15) is 0 Å². The highest BCUT2D eigenvalue weighted by Gasteiger charge is 2.23. The van der Waals surface area contributed by atoms with Crippen LogP contribution in [0.2, 0.25) is 0 Å². The molecule has 0 aromatic heterocycles. The number of amides is 2. The lowest BCUT2D eigenvalue weighted by molar-refractivity contribution is -0.139. The third-order valence-corrected chi connectivity index (χ3v) is 3.66. The van der Waals surface area contributed by atoms with Crippen LogP contribution in [0.5, 0.6) is 0 Å². The molecule has 0 N–H and O–H groups in total. The van der Waals surface area contributed by atoms with Crippen LogP contribution in [0.3, 0.4) is 0 Å². The molecule has 0 saturated carbocycles. The van der Waals surface area contributed by atoms with Gasteiger partial charge in [-0.1, -0.05) is 36.4 Å². The topological polar surface area (TPSA) is 37.4 Å². The molecule has 3 rings (SSSR count). The molecule has 1 aromatic rings. The summed E-state index contributed by atoms with van der Waals surface area (Å²) in [6.45, 7) is 2.81. The van der Waals surface area contributed by atoms with E-state index in [4.69, 9.17) is 0 Å². The van der Waals surface area contributed by atoms with E-state index in [-0.39, 0.29) is 17.7 Å². The minimum Gasteiger partial charge on any atom is -0.274 e. The Morgan fingerprint density at radius 2 is 1.70 bits per heavy atom. The van der Waals surface area contributed by atoms with Crippen molar-refractivity contribution in [2.45, 2.75) is 13.8 Å². The van der Waals surface area contributed by atoms with E-state index in [9.17, 15) is 9.59 Å². The summed E-state index contributed by atoms with van der Waals surface area (Å²) in [5.74, 6) is -0.381. The van der Waals surface area contributed by atoms with Crippen molar-refractivity contribution in [3.63, 3.8) is 0 Å². The van der Waals surface area contributed by atoms with Crippen molar-refractivity contribution in [1.29, 1.82) is 0 Å². The van der Waals surface area contributed by atoms with Gasteiger partial charge in [0.25, 0.3) is 0 Å². The van der Waals surface area contributed by atoms with Gasteiger partial charge in [-0.15, -0.1) is 0 Å². The first-order chi connectivity index (χ1) is 9.58.